The van der Waals surface area contributed by atoms with Gasteiger partial charge in [-0.1, -0.05) is 29.3 Å². The number of hydrogen-bond acceptors (Lipinski definition) is 4. The first-order chi connectivity index (χ1) is 9.58. The molecule has 0 atom stereocenters. The summed E-state index contributed by atoms with van der Waals surface area (Å²) in [6.07, 6.45) is 0. The molecular formula is C14H18Cl2N2O2. The summed E-state index contributed by atoms with van der Waals surface area (Å²) in [6, 6.07) is 5.59. The number of benzene rings is 1. The van der Waals surface area contributed by atoms with Crippen molar-refractivity contribution in [2.75, 3.05) is 39.8 Å². The Morgan fingerprint density at radius 3 is 2.45 bits per heavy atom. The Labute approximate surface area is 129 Å². The van der Waals surface area contributed by atoms with E-state index in [1.54, 1.807) is 6.07 Å². The summed E-state index contributed by atoms with van der Waals surface area (Å²) < 4.78 is 4.68. The molecule has 1 aliphatic heterocycles. The molecule has 0 aliphatic carbocycles. The predicted octanol–water partition coefficient (Wildman–Crippen LogP) is 2.28. The van der Waals surface area contributed by atoms with Gasteiger partial charge >= 0.3 is 5.97 Å². The quantitative estimate of drug-likeness (QED) is 0.798. The molecule has 0 radical (unpaired) electrons. The second kappa shape index (κ2) is 7.27. The number of methoxy groups -OCH3 is 1. The van der Waals surface area contributed by atoms with Crippen LogP contribution in [0.25, 0.3) is 0 Å². The van der Waals surface area contributed by atoms with E-state index in [9.17, 15) is 4.79 Å². The van der Waals surface area contributed by atoms with Gasteiger partial charge in [0.1, 0.15) is 0 Å². The molecule has 1 aliphatic rings. The minimum atomic E-state index is -0.181. The highest BCUT2D eigenvalue weighted by Gasteiger charge is 2.19. The molecule has 0 unspecified atom stereocenters. The summed E-state index contributed by atoms with van der Waals surface area (Å²) in [6.45, 7) is 4.72. The standard InChI is InChI=1S/C14H18Cl2N2O2/c1-20-14(19)10-18-6-4-17(5-7-18)9-11-2-3-12(15)8-13(11)16/h2-3,8H,4-7,9-10H2,1H3. The summed E-state index contributed by atoms with van der Waals surface area (Å²) in [5.74, 6) is -0.181. The molecule has 0 N–H and O–H groups in total. The van der Waals surface area contributed by atoms with E-state index in [1.807, 2.05) is 12.1 Å². The van der Waals surface area contributed by atoms with Crippen molar-refractivity contribution in [3.8, 4) is 0 Å². The van der Waals surface area contributed by atoms with E-state index in [0.717, 1.165) is 38.3 Å². The molecule has 20 heavy (non-hydrogen) atoms. The number of carbonyl (C=O) groups excluding carboxylic acids is 1. The first-order valence-corrected chi connectivity index (χ1v) is 7.29. The van der Waals surface area contributed by atoms with Crippen LogP contribution in [-0.2, 0) is 16.1 Å². The van der Waals surface area contributed by atoms with Gasteiger partial charge in [0.05, 0.1) is 13.7 Å². The maximum atomic E-state index is 11.2. The van der Waals surface area contributed by atoms with Gasteiger partial charge in [-0.25, -0.2) is 0 Å². The van der Waals surface area contributed by atoms with Crippen LogP contribution in [0.5, 0.6) is 0 Å². The predicted molar refractivity (Wildman–Crippen MR) is 80.2 cm³/mol. The van der Waals surface area contributed by atoms with E-state index < -0.39 is 0 Å². The number of carbonyl (C=O) groups is 1. The van der Waals surface area contributed by atoms with Gasteiger partial charge in [0.15, 0.2) is 0 Å². The van der Waals surface area contributed by atoms with Crippen molar-refractivity contribution < 1.29 is 9.53 Å². The average molecular weight is 317 g/mol. The van der Waals surface area contributed by atoms with Crippen molar-refractivity contribution in [3.63, 3.8) is 0 Å². The zero-order valence-corrected chi connectivity index (χ0v) is 13.0. The smallest absolute Gasteiger partial charge is 0.319 e. The number of ether oxygens (including phenoxy) is 1. The van der Waals surface area contributed by atoms with E-state index >= 15 is 0 Å². The van der Waals surface area contributed by atoms with E-state index in [2.05, 4.69) is 14.5 Å². The van der Waals surface area contributed by atoms with Crippen LogP contribution in [0.1, 0.15) is 5.56 Å². The Kier molecular flexibility index (Phi) is 5.66. The maximum absolute atomic E-state index is 11.2. The van der Waals surface area contributed by atoms with E-state index in [4.69, 9.17) is 23.2 Å². The Balaban J connectivity index is 1.83. The Morgan fingerprint density at radius 1 is 1.20 bits per heavy atom. The number of esters is 1. The summed E-state index contributed by atoms with van der Waals surface area (Å²) in [5, 5.41) is 1.36. The van der Waals surface area contributed by atoms with Crippen LogP contribution in [0.4, 0.5) is 0 Å². The van der Waals surface area contributed by atoms with E-state index in [-0.39, 0.29) is 5.97 Å². The van der Waals surface area contributed by atoms with Gasteiger partial charge in [-0.3, -0.25) is 14.6 Å². The van der Waals surface area contributed by atoms with Crippen LogP contribution in [0.3, 0.4) is 0 Å². The van der Waals surface area contributed by atoms with Crippen LogP contribution in [0.2, 0.25) is 10.0 Å². The third-order valence-electron chi connectivity index (χ3n) is 3.45. The van der Waals surface area contributed by atoms with Crippen molar-refractivity contribution in [2.45, 2.75) is 6.54 Å². The average Bonchev–Trinajstić information content (AvgIpc) is 2.44. The molecule has 0 spiro atoms. The fraction of sp³-hybridized carbons (Fsp3) is 0.500. The Morgan fingerprint density at radius 2 is 1.85 bits per heavy atom. The van der Waals surface area contributed by atoms with Gasteiger partial charge < -0.3 is 4.74 Å². The number of halogens is 2. The molecule has 0 bridgehead atoms. The summed E-state index contributed by atoms with van der Waals surface area (Å²) in [5.41, 5.74) is 1.08. The summed E-state index contributed by atoms with van der Waals surface area (Å²) in [4.78, 5) is 15.6. The van der Waals surface area contributed by atoms with E-state index in [1.165, 1.54) is 7.11 Å². The molecule has 1 fully saturated rings. The van der Waals surface area contributed by atoms with Gasteiger partial charge in [0.2, 0.25) is 0 Å². The third-order valence-corrected chi connectivity index (χ3v) is 4.04. The second-order valence-corrected chi connectivity index (χ2v) is 5.71. The maximum Gasteiger partial charge on any atom is 0.319 e. The lowest BCUT2D eigenvalue weighted by molar-refractivity contribution is -0.142. The number of rotatable bonds is 4. The van der Waals surface area contributed by atoms with Gasteiger partial charge in [0, 0.05) is 42.8 Å². The molecular weight excluding hydrogens is 299 g/mol. The SMILES string of the molecule is COC(=O)CN1CCN(Cc2ccc(Cl)cc2Cl)CC1. The lowest BCUT2D eigenvalue weighted by Gasteiger charge is -2.34. The molecule has 1 aromatic carbocycles. The van der Waals surface area contributed by atoms with Crippen molar-refractivity contribution in [1.82, 2.24) is 9.80 Å². The number of hydrogen-bond donors (Lipinski definition) is 0. The Hall–Kier alpha value is -0.810. The summed E-state index contributed by atoms with van der Waals surface area (Å²) >= 11 is 12.1. The van der Waals surface area contributed by atoms with Gasteiger partial charge in [-0.15, -0.1) is 0 Å². The molecule has 0 amide bonds. The van der Waals surface area contributed by atoms with Crippen molar-refractivity contribution in [2.24, 2.45) is 0 Å². The number of nitrogens with zero attached hydrogens (tertiary/aromatic N) is 2. The molecule has 1 heterocycles. The molecule has 6 heteroatoms. The van der Waals surface area contributed by atoms with Crippen LogP contribution in [-0.4, -0.2) is 55.6 Å². The Bertz CT molecular complexity index is 474. The van der Waals surface area contributed by atoms with Crippen molar-refractivity contribution in [1.29, 1.82) is 0 Å². The van der Waals surface area contributed by atoms with Gasteiger partial charge in [-0.2, -0.15) is 0 Å². The highest BCUT2D eigenvalue weighted by Crippen LogP contribution is 2.22. The van der Waals surface area contributed by atoms with Crippen molar-refractivity contribution >= 4 is 29.2 Å². The zero-order chi connectivity index (χ0) is 14.5. The first-order valence-electron chi connectivity index (χ1n) is 6.54. The fourth-order valence-corrected chi connectivity index (χ4v) is 2.71. The van der Waals surface area contributed by atoms with Crippen LogP contribution < -0.4 is 0 Å². The molecule has 1 saturated heterocycles. The summed E-state index contributed by atoms with van der Waals surface area (Å²) in [7, 11) is 1.42. The van der Waals surface area contributed by atoms with Crippen LogP contribution in [0, 0.1) is 0 Å². The molecule has 4 nitrogen and oxygen atoms in total. The second-order valence-electron chi connectivity index (χ2n) is 4.86. The minimum absolute atomic E-state index is 0.181. The third kappa shape index (κ3) is 4.35. The molecule has 110 valence electrons. The topological polar surface area (TPSA) is 32.8 Å². The lowest BCUT2D eigenvalue weighted by atomic mass is 10.2. The highest BCUT2D eigenvalue weighted by molar-refractivity contribution is 6.35. The van der Waals surface area contributed by atoms with E-state index in [0.29, 0.717) is 16.6 Å². The lowest BCUT2D eigenvalue weighted by Crippen LogP contribution is -2.47. The minimum Gasteiger partial charge on any atom is -0.468 e. The fourth-order valence-electron chi connectivity index (χ4n) is 2.24. The van der Waals surface area contributed by atoms with Crippen LogP contribution in [0.15, 0.2) is 18.2 Å². The van der Waals surface area contributed by atoms with Gasteiger partial charge in [0.25, 0.3) is 0 Å². The monoisotopic (exact) mass is 316 g/mol. The first kappa shape index (κ1) is 15.6. The molecule has 2 rings (SSSR count). The van der Waals surface area contributed by atoms with Crippen molar-refractivity contribution in [3.05, 3.63) is 33.8 Å². The van der Waals surface area contributed by atoms with Crippen LogP contribution >= 0.6 is 23.2 Å². The number of piperazine rings is 1. The van der Waals surface area contributed by atoms with Gasteiger partial charge in [-0.05, 0) is 17.7 Å². The molecule has 0 aromatic heterocycles. The highest BCUT2D eigenvalue weighted by atomic mass is 35.5. The molecule has 0 saturated carbocycles. The largest absolute Gasteiger partial charge is 0.468 e. The molecule has 1 aromatic rings. The zero-order valence-electron chi connectivity index (χ0n) is 11.4. The normalized spacial score (nSPS) is 17.1.